The summed E-state index contributed by atoms with van der Waals surface area (Å²) in [6.45, 7) is 6.76. The van der Waals surface area contributed by atoms with Gasteiger partial charge in [0.15, 0.2) is 0 Å². The highest BCUT2D eigenvalue weighted by atomic mass is 16.5. The average Bonchev–Trinajstić information content (AvgIpc) is 3.39. The smallest absolute Gasteiger partial charge is 0.258 e. The van der Waals surface area contributed by atoms with Crippen molar-refractivity contribution in [3.05, 3.63) is 89.1 Å². The summed E-state index contributed by atoms with van der Waals surface area (Å²) in [4.78, 5) is 30.1. The first-order chi connectivity index (χ1) is 17.9. The molecule has 4 rings (SSSR count). The minimum Gasteiger partial charge on any atom is -0.361 e. The zero-order valence-corrected chi connectivity index (χ0v) is 21.8. The number of unbranched alkanes of at least 4 members (excludes halogenated alkanes) is 3. The Morgan fingerprint density at radius 1 is 0.838 bits per heavy atom. The molecule has 0 bridgehead atoms. The fourth-order valence-corrected chi connectivity index (χ4v) is 4.69. The highest BCUT2D eigenvalue weighted by molar-refractivity contribution is 6.06. The largest absolute Gasteiger partial charge is 0.361 e. The summed E-state index contributed by atoms with van der Waals surface area (Å²) in [5.74, 6) is -0.371. The zero-order valence-electron chi connectivity index (χ0n) is 21.8. The monoisotopic (exact) mass is 497 g/mol. The van der Waals surface area contributed by atoms with Crippen LogP contribution in [0.2, 0.25) is 0 Å². The molecule has 1 heterocycles. The van der Waals surface area contributed by atoms with Gasteiger partial charge >= 0.3 is 0 Å². The van der Waals surface area contributed by atoms with Gasteiger partial charge in [-0.1, -0.05) is 37.1 Å². The number of H-pyrrole nitrogens is 1. The van der Waals surface area contributed by atoms with Crippen LogP contribution < -0.4 is 10.4 Å². The number of hydrogen-bond acceptors (Lipinski definition) is 3. The van der Waals surface area contributed by atoms with Crippen molar-refractivity contribution >= 4 is 28.4 Å². The molecular weight excluding hydrogens is 462 g/mol. The molecule has 0 aliphatic carbocycles. The molecule has 0 radical (unpaired) electrons. The summed E-state index contributed by atoms with van der Waals surface area (Å²) >= 11 is 0. The lowest BCUT2D eigenvalue weighted by Gasteiger charge is -2.24. The van der Waals surface area contributed by atoms with Crippen LogP contribution in [0.1, 0.15) is 59.2 Å². The molecule has 4 aromatic rings. The summed E-state index contributed by atoms with van der Waals surface area (Å²) in [6.07, 6.45) is 5.52. The molecule has 0 fully saturated rings. The molecule has 0 spiro atoms. The van der Waals surface area contributed by atoms with Gasteiger partial charge in [0.1, 0.15) is 0 Å². The third kappa shape index (κ3) is 6.27. The lowest BCUT2D eigenvalue weighted by atomic mass is 9.99. The number of carbonyl (C=O) groups excluding carboxylic acids is 2. The van der Waals surface area contributed by atoms with Gasteiger partial charge in [0.05, 0.1) is 0 Å². The molecule has 0 saturated carbocycles. The molecule has 0 aliphatic heterocycles. The second-order valence-corrected chi connectivity index (χ2v) is 9.72. The zero-order chi connectivity index (χ0) is 26.4. The van der Waals surface area contributed by atoms with Crippen LogP contribution in [0.5, 0.6) is 0 Å². The van der Waals surface area contributed by atoms with E-state index in [1.54, 1.807) is 5.48 Å². The Labute approximate surface area is 218 Å². The van der Waals surface area contributed by atoms with Crippen LogP contribution in [-0.2, 0) is 4.79 Å². The van der Waals surface area contributed by atoms with Crippen LogP contribution in [0.15, 0.2) is 66.9 Å². The van der Waals surface area contributed by atoms with Gasteiger partial charge in [-0.2, -0.15) is 0 Å². The predicted octanol–water partition coefficient (Wildman–Crippen LogP) is 6.86. The van der Waals surface area contributed by atoms with Crippen molar-refractivity contribution in [2.45, 2.75) is 52.9 Å². The van der Waals surface area contributed by atoms with E-state index in [0.29, 0.717) is 24.9 Å². The third-order valence-electron chi connectivity index (χ3n) is 7.15. The fraction of sp³-hybridized carbons (Fsp3) is 0.290. The number of rotatable bonds is 10. The Hall–Kier alpha value is -3.90. The van der Waals surface area contributed by atoms with Crippen molar-refractivity contribution in [2.24, 2.45) is 0 Å². The summed E-state index contributed by atoms with van der Waals surface area (Å²) in [7, 11) is 0. The van der Waals surface area contributed by atoms with Crippen molar-refractivity contribution in [3.63, 3.8) is 0 Å². The van der Waals surface area contributed by atoms with E-state index in [4.69, 9.17) is 5.21 Å². The fourth-order valence-electron chi connectivity index (χ4n) is 4.69. The van der Waals surface area contributed by atoms with E-state index in [0.717, 1.165) is 52.7 Å². The van der Waals surface area contributed by atoms with E-state index < -0.39 is 0 Å². The van der Waals surface area contributed by atoms with Crippen LogP contribution in [0.25, 0.3) is 22.0 Å². The van der Waals surface area contributed by atoms with Crippen LogP contribution in [0.4, 0.5) is 5.69 Å². The molecule has 192 valence electrons. The van der Waals surface area contributed by atoms with Gasteiger partial charge in [-0.25, -0.2) is 5.48 Å². The van der Waals surface area contributed by atoms with Gasteiger partial charge in [-0.3, -0.25) is 14.8 Å². The van der Waals surface area contributed by atoms with Crippen molar-refractivity contribution < 1.29 is 14.8 Å². The summed E-state index contributed by atoms with van der Waals surface area (Å²) in [5, 5.41) is 9.82. The number of benzene rings is 3. The number of aromatic nitrogens is 1. The highest BCUT2D eigenvalue weighted by Gasteiger charge is 2.19. The number of fused-ring (bicyclic) bond motifs is 1. The first-order valence-corrected chi connectivity index (χ1v) is 12.9. The first-order valence-electron chi connectivity index (χ1n) is 12.9. The molecular formula is C31H35N3O3. The van der Waals surface area contributed by atoms with E-state index in [-0.39, 0.29) is 11.8 Å². The minimum atomic E-state index is -0.363. The molecule has 0 saturated heterocycles. The molecule has 0 unspecified atom stereocenters. The molecule has 3 N–H and O–H groups in total. The van der Waals surface area contributed by atoms with Crippen molar-refractivity contribution in [1.82, 2.24) is 10.5 Å². The number of nitrogens with one attached hydrogen (secondary N) is 2. The van der Waals surface area contributed by atoms with Crippen LogP contribution in [-0.4, -0.2) is 28.6 Å². The quantitative estimate of drug-likeness (QED) is 0.127. The summed E-state index contributed by atoms with van der Waals surface area (Å²) in [6, 6.07) is 20.6. The number of carbonyl (C=O) groups is 2. The van der Waals surface area contributed by atoms with E-state index in [1.807, 2.05) is 49.2 Å². The lowest BCUT2D eigenvalue weighted by Crippen LogP contribution is -2.32. The topological polar surface area (TPSA) is 85.4 Å². The van der Waals surface area contributed by atoms with E-state index in [2.05, 4.69) is 48.3 Å². The SMILES string of the molecule is Cc1cc(C(=O)N(CCCCCCC(=O)NO)c2ccc(-c3ccc4cc[nH]c4c3)cc2)cc(C)c1C. The predicted molar refractivity (Wildman–Crippen MR) is 149 cm³/mol. The third-order valence-corrected chi connectivity index (χ3v) is 7.15. The number of hydrogen-bond donors (Lipinski definition) is 3. The highest BCUT2D eigenvalue weighted by Crippen LogP contribution is 2.28. The Bertz CT molecular complexity index is 1370. The maximum absolute atomic E-state index is 13.7. The van der Waals surface area contributed by atoms with Crippen molar-refractivity contribution in [2.75, 3.05) is 11.4 Å². The average molecular weight is 498 g/mol. The number of anilines is 1. The van der Waals surface area contributed by atoms with Crippen molar-refractivity contribution in [1.29, 1.82) is 0 Å². The van der Waals surface area contributed by atoms with E-state index in [1.165, 1.54) is 10.9 Å². The molecule has 0 aliphatic rings. The molecule has 1 aromatic heterocycles. The first kappa shape index (κ1) is 26.2. The van der Waals surface area contributed by atoms with E-state index >= 15 is 0 Å². The Morgan fingerprint density at radius 3 is 2.22 bits per heavy atom. The Morgan fingerprint density at radius 2 is 1.51 bits per heavy atom. The van der Waals surface area contributed by atoms with E-state index in [9.17, 15) is 9.59 Å². The molecule has 37 heavy (non-hydrogen) atoms. The Balaban J connectivity index is 1.53. The molecule has 0 atom stereocenters. The van der Waals surface area contributed by atoms with Crippen LogP contribution in [0.3, 0.4) is 0 Å². The van der Waals surface area contributed by atoms with Gasteiger partial charge < -0.3 is 9.88 Å². The number of hydroxylamine groups is 1. The molecule has 6 nitrogen and oxygen atoms in total. The van der Waals surface area contributed by atoms with Crippen LogP contribution in [0, 0.1) is 20.8 Å². The van der Waals surface area contributed by atoms with Gasteiger partial charge in [0, 0.05) is 35.9 Å². The number of amides is 2. The Kier molecular flexibility index (Phi) is 8.41. The van der Waals surface area contributed by atoms with Gasteiger partial charge in [-0.05, 0) is 103 Å². The standard InChI is InChI=1S/C31H35N3O3/c1-21-18-27(19-22(2)23(21)3)31(36)34(17-7-5-4-6-8-30(35)33-37)28-13-11-24(12-14-28)26-10-9-25-15-16-32-29(25)20-26/h9-16,18-20,32,37H,4-8,17H2,1-3H3,(H,33,35). The summed E-state index contributed by atoms with van der Waals surface area (Å²) in [5.41, 5.74) is 9.98. The number of aromatic amines is 1. The van der Waals surface area contributed by atoms with Gasteiger partial charge in [0.25, 0.3) is 5.91 Å². The molecule has 6 heteroatoms. The minimum absolute atomic E-state index is 0.00795. The lowest BCUT2D eigenvalue weighted by molar-refractivity contribution is -0.129. The maximum Gasteiger partial charge on any atom is 0.258 e. The summed E-state index contributed by atoms with van der Waals surface area (Å²) < 4.78 is 0. The normalized spacial score (nSPS) is 11.0. The second-order valence-electron chi connectivity index (χ2n) is 9.72. The van der Waals surface area contributed by atoms with Crippen molar-refractivity contribution in [3.8, 4) is 11.1 Å². The molecule has 3 aromatic carbocycles. The number of nitrogens with zero attached hydrogens (tertiary/aromatic N) is 1. The molecule has 2 amide bonds. The van der Waals surface area contributed by atoms with Crippen LogP contribution >= 0.6 is 0 Å². The maximum atomic E-state index is 13.7. The van der Waals surface area contributed by atoms with Gasteiger partial charge in [-0.15, -0.1) is 0 Å². The second kappa shape index (κ2) is 11.9. The number of aryl methyl sites for hydroxylation is 2. The van der Waals surface area contributed by atoms with Gasteiger partial charge in [0.2, 0.25) is 5.91 Å².